The van der Waals surface area contributed by atoms with E-state index in [1.54, 1.807) is 6.07 Å². The van der Waals surface area contributed by atoms with E-state index in [4.69, 9.17) is 28.9 Å². The number of halogens is 2. The number of hydrogen-bond acceptors (Lipinski definition) is 2. The Bertz CT molecular complexity index is 445. The Morgan fingerprint density at radius 2 is 1.89 bits per heavy atom. The van der Waals surface area contributed by atoms with E-state index in [0.29, 0.717) is 23.0 Å². The van der Waals surface area contributed by atoms with Crippen LogP contribution in [0.15, 0.2) is 18.2 Å². The van der Waals surface area contributed by atoms with Gasteiger partial charge in [0.15, 0.2) is 0 Å². The van der Waals surface area contributed by atoms with E-state index in [0.717, 1.165) is 18.4 Å². The van der Waals surface area contributed by atoms with Crippen LogP contribution < -0.4 is 11.1 Å². The molecule has 0 aliphatic heterocycles. The number of benzene rings is 1. The first-order valence-corrected chi connectivity index (χ1v) is 7.21. The lowest BCUT2D eigenvalue weighted by molar-refractivity contribution is -0.123. The monoisotopic (exact) mass is 302 g/mol. The summed E-state index contributed by atoms with van der Waals surface area (Å²) < 4.78 is 0. The summed E-state index contributed by atoms with van der Waals surface area (Å²) in [5, 5.41) is 4.09. The standard InChI is InChI=1S/C14H20Cl2N2O/c1-3-14(4-2,18-13(19)7-8-17)10-5-6-11(15)12(16)9-10/h5-6,9H,3-4,7-8,17H2,1-2H3,(H,18,19). The van der Waals surface area contributed by atoms with Gasteiger partial charge in [-0.25, -0.2) is 0 Å². The smallest absolute Gasteiger partial charge is 0.221 e. The van der Waals surface area contributed by atoms with Gasteiger partial charge in [-0.2, -0.15) is 0 Å². The molecule has 0 spiro atoms. The Morgan fingerprint density at radius 3 is 2.37 bits per heavy atom. The van der Waals surface area contributed by atoms with Crippen molar-refractivity contribution in [3.05, 3.63) is 33.8 Å². The number of carbonyl (C=O) groups is 1. The summed E-state index contributed by atoms with van der Waals surface area (Å²) >= 11 is 12.0. The number of rotatable bonds is 6. The van der Waals surface area contributed by atoms with Crippen LogP contribution in [0.3, 0.4) is 0 Å². The Kier molecular flexibility index (Phi) is 6.11. The third-order valence-corrected chi connectivity index (χ3v) is 4.17. The van der Waals surface area contributed by atoms with E-state index >= 15 is 0 Å². The zero-order valence-electron chi connectivity index (χ0n) is 11.3. The number of nitrogens with one attached hydrogen (secondary N) is 1. The van der Waals surface area contributed by atoms with Gasteiger partial charge in [0.2, 0.25) is 5.91 Å². The predicted molar refractivity (Wildman–Crippen MR) is 80.5 cm³/mol. The minimum atomic E-state index is -0.416. The zero-order chi connectivity index (χ0) is 14.5. The van der Waals surface area contributed by atoms with Gasteiger partial charge in [0.25, 0.3) is 0 Å². The summed E-state index contributed by atoms with van der Waals surface area (Å²) in [7, 11) is 0. The highest BCUT2D eigenvalue weighted by Gasteiger charge is 2.30. The van der Waals surface area contributed by atoms with Gasteiger partial charge in [-0.15, -0.1) is 0 Å². The van der Waals surface area contributed by atoms with Gasteiger partial charge < -0.3 is 11.1 Å². The molecule has 1 aromatic carbocycles. The summed E-state index contributed by atoms with van der Waals surface area (Å²) in [5.41, 5.74) is 5.97. The predicted octanol–water partition coefficient (Wildman–Crippen LogP) is 3.47. The summed E-state index contributed by atoms with van der Waals surface area (Å²) in [6.45, 7) is 4.42. The van der Waals surface area contributed by atoms with Crippen LogP contribution in [0, 0.1) is 0 Å². The van der Waals surface area contributed by atoms with Crippen molar-refractivity contribution in [3.63, 3.8) is 0 Å². The quantitative estimate of drug-likeness (QED) is 0.845. The lowest BCUT2D eigenvalue weighted by Crippen LogP contribution is -2.45. The molecule has 0 aliphatic rings. The highest BCUT2D eigenvalue weighted by Crippen LogP contribution is 2.33. The van der Waals surface area contributed by atoms with Crippen LogP contribution in [0.4, 0.5) is 0 Å². The molecule has 0 saturated carbocycles. The zero-order valence-corrected chi connectivity index (χ0v) is 12.8. The average molecular weight is 303 g/mol. The molecule has 19 heavy (non-hydrogen) atoms. The Balaban J connectivity index is 3.10. The van der Waals surface area contributed by atoms with Crippen molar-refractivity contribution >= 4 is 29.1 Å². The van der Waals surface area contributed by atoms with Gasteiger partial charge in [-0.05, 0) is 30.5 Å². The third kappa shape index (κ3) is 3.85. The molecule has 0 radical (unpaired) electrons. The third-order valence-electron chi connectivity index (χ3n) is 3.43. The van der Waals surface area contributed by atoms with Crippen LogP contribution in [0.5, 0.6) is 0 Å². The Morgan fingerprint density at radius 1 is 1.26 bits per heavy atom. The van der Waals surface area contributed by atoms with E-state index < -0.39 is 5.54 Å². The molecule has 3 N–H and O–H groups in total. The molecule has 106 valence electrons. The van der Waals surface area contributed by atoms with E-state index in [1.807, 2.05) is 26.0 Å². The van der Waals surface area contributed by atoms with E-state index in [9.17, 15) is 4.79 Å². The van der Waals surface area contributed by atoms with Crippen LogP contribution in [-0.4, -0.2) is 12.5 Å². The number of carbonyl (C=O) groups excluding carboxylic acids is 1. The van der Waals surface area contributed by atoms with Crippen molar-refractivity contribution in [3.8, 4) is 0 Å². The molecule has 1 amide bonds. The van der Waals surface area contributed by atoms with Crippen molar-refractivity contribution in [2.75, 3.05) is 6.54 Å². The molecule has 0 atom stereocenters. The molecular formula is C14H20Cl2N2O. The maximum atomic E-state index is 11.9. The first-order valence-electron chi connectivity index (χ1n) is 6.45. The van der Waals surface area contributed by atoms with Crippen molar-refractivity contribution in [1.82, 2.24) is 5.32 Å². The highest BCUT2D eigenvalue weighted by molar-refractivity contribution is 6.42. The van der Waals surface area contributed by atoms with E-state index in [-0.39, 0.29) is 5.91 Å². The molecule has 0 saturated heterocycles. The SMILES string of the molecule is CCC(CC)(NC(=O)CCN)c1ccc(Cl)c(Cl)c1. The number of hydrogen-bond donors (Lipinski definition) is 2. The van der Waals surface area contributed by atoms with Gasteiger partial charge in [-0.1, -0.05) is 43.1 Å². The van der Waals surface area contributed by atoms with Gasteiger partial charge in [0.1, 0.15) is 0 Å². The van der Waals surface area contributed by atoms with Crippen LogP contribution in [0.2, 0.25) is 10.0 Å². The van der Waals surface area contributed by atoms with Crippen LogP contribution in [-0.2, 0) is 10.3 Å². The number of nitrogens with two attached hydrogens (primary N) is 1. The van der Waals surface area contributed by atoms with Gasteiger partial charge in [-0.3, -0.25) is 4.79 Å². The Labute approximate surface area is 124 Å². The van der Waals surface area contributed by atoms with Crippen LogP contribution in [0.25, 0.3) is 0 Å². The summed E-state index contributed by atoms with van der Waals surface area (Å²) in [6.07, 6.45) is 1.87. The molecule has 0 aliphatic carbocycles. The average Bonchev–Trinajstić information content (AvgIpc) is 2.40. The molecule has 0 aromatic heterocycles. The molecule has 5 heteroatoms. The summed E-state index contributed by atoms with van der Waals surface area (Å²) in [6, 6.07) is 5.48. The topological polar surface area (TPSA) is 55.1 Å². The molecule has 0 fully saturated rings. The highest BCUT2D eigenvalue weighted by atomic mass is 35.5. The molecule has 0 unspecified atom stereocenters. The summed E-state index contributed by atoms with van der Waals surface area (Å²) in [5.74, 6) is -0.0442. The van der Waals surface area contributed by atoms with Crippen molar-refractivity contribution in [1.29, 1.82) is 0 Å². The minimum absolute atomic E-state index is 0.0442. The van der Waals surface area contributed by atoms with E-state index in [1.165, 1.54) is 0 Å². The second-order valence-corrected chi connectivity index (χ2v) is 5.32. The van der Waals surface area contributed by atoms with Gasteiger partial charge in [0, 0.05) is 13.0 Å². The van der Waals surface area contributed by atoms with E-state index in [2.05, 4.69) is 5.32 Å². The maximum absolute atomic E-state index is 11.9. The Hall–Kier alpha value is -0.770. The number of amides is 1. The summed E-state index contributed by atoms with van der Waals surface area (Å²) in [4.78, 5) is 11.9. The normalized spacial score (nSPS) is 11.4. The van der Waals surface area contributed by atoms with Crippen molar-refractivity contribution in [2.45, 2.75) is 38.6 Å². The lowest BCUT2D eigenvalue weighted by Gasteiger charge is -2.34. The maximum Gasteiger partial charge on any atom is 0.221 e. The molecule has 3 nitrogen and oxygen atoms in total. The first-order chi connectivity index (χ1) is 8.99. The van der Waals surface area contributed by atoms with Crippen LogP contribution in [0.1, 0.15) is 38.7 Å². The van der Waals surface area contributed by atoms with Gasteiger partial charge in [0.05, 0.1) is 15.6 Å². The lowest BCUT2D eigenvalue weighted by atomic mass is 9.84. The first kappa shape index (κ1) is 16.3. The largest absolute Gasteiger partial charge is 0.347 e. The fraction of sp³-hybridized carbons (Fsp3) is 0.500. The molecule has 0 heterocycles. The second kappa shape index (κ2) is 7.13. The second-order valence-electron chi connectivity index (χ2n) is 4.50. The van der Waals surface area contributed by atoms with Crippen molar-refractivity contribution < 1.29 is 4.79 Å². The fourth-order valence-corrected chi connectivity index (χ4v) is 2.46. The van der Waals surface area contributed by atoms with Crippen LogP contribution >= 0.6 is 23.2 Å². The molecular weight excluding hydrogens is 283 g/mol. The molecule has 1 rings (SSSR count). The fourth-order valence-electron chi connectivity index (χ4n) is 2.16. The van der Waals surface area contributed by atoms with Crippen molar-refractivity contribution in [2.24, 2.45) is 5.73 Å². The van der Waals surface area contributed by atoms with Gasteiger partial charge >= 0.3 is 0 Å². The minimum Gasteiger partial charge on any atom is -0.347 e. The molecule has 1 aromatic rings. The molecule has 0 bridgehead atoms.